The fourth-order valence-electron chi connectivity index (χ4n) is 2.82. The first kappa shape index (κ1) is 21.4. The van der Waals surface area contributed by atoms with Crippen LogP contribution in [-0.2, 0) is 16.0 Å². The zero-order valence-corrected chi connectivity index (χ0v) is 16.9. The van der Waals surface area contributed by atoms with Crippen LogP contribution in [0.5, 0.6) is 5.75 Å². The van der Waals surface area contributed by atoms with Crippen molar-refractivity contribution in [2.75, 3.05) is 27.4 Å². The number of ether oxygens (including phenoxy) is 2. The number of hydrogen-bond donors (Lipinski definition) is 2. The molecule has 1 aromatic carbocycles. The van der Waals surface area contributed by atoms with Gasteiger partial charge in [0.15, 0.2) is 5.96 Å². The number of carbonyl (C=O) groups excluding carboxylic acids is 1. The number of methoxy groups -OCH3 is 1. The monoisotopic (exact) mass is 388 g/mol. The fourth-order valence-corrected chi connectivity index (χ4v) is 2.82. The summed E-state index contributed by atoms with van der Waals surface area (Å²) in [5.74, 6) is 1.40. The van der Waals surface area contributed by atoms with Crippen LogP contribution < -0.4 is 15.8 Å². The van der Waals surface area contributed by atoms with Crippen LogP contribution in [0.25, 0.3) is 11.1 Å². The van der Waals surface area contributed by atoms with Crippen molar-refractivity contribution in [3.05, 3.63) is 35.2 Å². The van der Waals surface area contributed by atoms with Gasteiger partial charge in [0.1, 0.15) is 11.5 Å². The molecule has 1 heterocycles. The highest BCUT2D eigenvalue weighted by molar-refractivity contribution is 5.96. The van der Waals surface area contributed by atoms with Crippen molar-refractivity contribution in [2.24, 2.45) is 10.7 Å². The van der Waals surface area contributed by atoms with Gasteiger partial charge in [0.25, 0.3) is 0 Å². The van der Waals surface area contributed by atoms with Crippen molar-refractivity contribution in [2.45, 2.75) is 33.1 Å². The van der Waals surface area contributed by atoms with Gasteiger partial charge in [0, 0.05) is 39.2 Å². The van der Waals surface area contributed by atoms with Crippen molar-refractivity contribution < 1.29 is 18.8 Å². The Kier molecular flexibility index (Phi) is 8.01. The minimum Gasteiger partial charge on any atom is -0.493 e. The van der Waals surface area contributed by atoms with E-state index in [0.29, 0.717) is 26.1 Å². The SMILES string of the molecule is CN=C(N)NC(=O)CCc1ccc(-c2c(C)noc2C)c(OCCCOC)c1. The van der Waals surface area contributed by atoms with E-state index in [2.05, 4.69) is 15.5 Å². The first-order chi connectivity index (χ1) is 13.5. The summed E-state index contributed by atoms with van der Waals surface area (Å²) in [4.78, 5) is 15.6. The maximum Gasteiger partial charge on any atom is 0.226 e. The minimum absolute atomic E-state index is 0.112. The summed E-state index contributed by atoms with van der Waals surface area (Å²) in [6.45, 7) is 4.93. The van der Waals surface area contributed by atoms with Crippen LogP contribution in [0.4, 0.5) is 0 Å². The second kappa shape index (κ2) is 10.5. The molecule has 28 heavy (non-hydrogen) atoms. The maximum atomic E-state index is 11.9. The first-order valence-electron chi connectivity index (χ1n) is 9.16. The van der Waals surface area contributed by atoms with E-state index in [4.69, 9.17) is 19.7 Å². The van der Waals surface area contributed by atoms with Gasteiger partial charge in [-0.05, 0) is 31.9 Å². The van der Waals surface area contributed by atoms with Gasteiger partial charge in [-0.1, -0.05) is 17.3 Å². The number of nitrogens with one attached hydrogen (secondary N) is 1. The summed E-state index contributed by atoms with van der Waals surface area (Å²) in [6.07, 6.45) is 1.63. The number of nitrogens with two attached hydrogens (primary N) is 1. The Morgan fingerprint density at radius 3 is 2.75 bits per heavy atom. The Hall–Kier alpha value is -2.87. The molecule has 152 valence electrons. The van der Waals surface area contributed by atoms with Crippen molar-refractivity contribution in [1.29, 1.82) is 0 Å². The number of nitrogens with zero attached hydrogens (tertiary/aromatic N) is 2. The lowest BCUT2D eigenvalue weighted by atomic mass is 9.99. The number of carbonyl (C=O) groups is 1. The van der Waals surface area contributed by atoms with Crippen LogP contribution in [0.15, 0.2) is 27.7 Å². The molecule has 0 unspecified atom stereocenters. The van der Waals surface area contributed by atoms with Gasteiger partial charge in [-0.15, -0.1) is 0 Å². The summed E-state index contributed by atoms with van der Waals surface area (Å²) in [5, 5.41) is 6.57. The molecule has 0 aliphatic heterocycles. The predicted molar refractivity (Wildman–Crippen MR) is 107 cm³/mol. The molecule has 0 aliphatic carbocycles. The molecule has 8 nitrogen and oxygen atoms in total. The first-order valence-corrected chi connectivity index (χ1v) is 9.16. The van der Waals surface area contributed by atoms with E-state index >= 15 is 0 Å². The lowest BCUT2D eigenvalue weighted by molar-refractivity contribution is -0.119. The van der Waals surface area contributed by atoms with E-state index in [0.717, 1.165) is 40.3 Å². The summed E-state index contributed by atoms with van der Waals surface area (Å²) in [6, 6.07) is 5.92. The molecule has 0 aliphatic rings. The van der Waals surface area contributed by atoms with Gasteiger partial charge < -0.3 is 19.7 Å². The van der Waals surface area contributed by atoms with E-state index in [9.17, 15) is 4.79 Å². The van der Waals surface area contributed by atoms with E-state index < -0.39 is 0 Å². The Bertz CT molecular complexity index is 810. The largest absolute Gasteiger partial charge is 0.493 e. The molecule has 3 N–H and O–H groups in total. The molecule has 8 heteroatoms. The number of aliphatic imine (C=N–C) groups is 1. The topological polar surface area (TPSA) is 112 Å². The van der Waals surface area contributed by atoms with Gasteiger partial charge >= 0.3 is 0 Å². The highest BCUT2D eigenvalue weighted by Gasteiger charge is 2.17. The second-order valence-electron chi connectivity index (χ2n) is 6.38. The second-order valence-corrected chi connectivity index (χ2v) is 6.38. The highest BCUT2D eigenvalue weighted by atomic mass is 16.5. The molecule has 0 atom stereocenters. The van der Waals surface area contributed by atoms with Crippen molar-refractivity contribution >= 4 is 11.9 Å². The molecule has 1 aromatic heterocycles. The van der Waals surface area contributed by atoms with Crippen LogP contribution in [0.2, 0.25) is 0 Å². The van der Waals surface area contributed by atoms with Crippen LogP contribution in [-0.4, -0.2) is 44.4 Å². The normalized spacial score (nSPS) is 11.5. The number of aromatic nitrogens is 1. The highest BCUT2D eigenvalue weighted by Crippen LogP contribution is 2.35. The fraction of sp³-hybridized carbons (Fsp3) is 0.450. The predicted octanol–water partition coefficient (Wildman–Crippen LogP) is 2.37. The van der Waals surface area contributed by atoms with Crippen LogP contribution in [0.3, 0.4) is 0 Å². The Balaban J connectivity index is 2.19. The number of amides is 1. The lowest BCUT2D eigenvalue weighted by Gasteiger charge is -2.13. The number of hydrogen-bond acceptors (Lipinski definition) is 6. The molecule has 0 fully saturated rings. The summed E-state index contributed by atoms with van der Waals surface area (Å²) < 4.78 is 16.4. The third-order valence-corrected chi connectivity index (χ3v) is 4.25. The van der Waals surface area contributed by atoms with Gasteiger partial charge in [0.05, 0.1) is 17.9 Å². The molecule has 0 radical (unpaired) electrons. The van der Waals surface area contributed by atoms with Crippen LogP contribution >= 0.6 is 0 Å². The smallest absolute Gasteiger partial charge is 0.226 e. The maximum absolute atomic E-state index is 11.9. The summed E-state index contributed by atoms with van der Waals surface area (Å²) in [7, 11) is 3.19. The third kappa shape index (κ3) is 5.82. The van der Waals surface area contributed by atoms with Gasteiger partial charge in [-0.3, -0.25) is 15.1 Å². The molecule has 0 bridgehead atoms. The zero-order chi connectivity index (χ0) is 20.5. The van der Waals surface area contributed by atoms with E-state index in [1.165, 1.54) is 7.05 Å². The van der Waals surface area contributed by atoms with Crippen molar-refractivity contribution in [3.63, 3.8) is 0 Å². The minimum atomic E-state index is -0.180. The number of guanidine groups is 1. The van der Waals surface area contributed by atoms with Crippen molar-refractivity contribution in [3.8, 4) is 16.9 Å². The Morgan fingerprint density at radius 2 is 2.11 bits per heavy atom. The third-order valence-electron chi connectivity index (χ3n) is 4.25. The van der Waals surface area contributed by atoms with E-state index in [-0.39, 0.29) is 11.9 Å². The standard InChI is InChI=1S/C20H28N4O4/c1-13-19(14(2)28-24-13)16-8-6-15(7-9-18(25)23-20(21)22-3)12-17(16)27-11-5-10-26-4/h6,8,12H,5,7,9-11H2,1-4H3,(H3,21,22,23,25). The molecular formula is C20H28N4O4. The van der Waals surface area contributed by atoms with Crippen LogP contribution in [0, 0.1) is 13.8 Å². The molecule has 0 spiro atoms. The van der Waals surface area contributed by atoms with E-state index in [1.54, 1.807) is 7.11 Å². The number of benzene rings is 1. The molecule has 0 saturated heterocycles. The van der Waals surface area contributed by atoms with Crippen LogP contribution in [0.1, 0.15) is 29.9 Å². The summed E-state index contributed by atoms with van der Waals surface area (Å²) >= 11 is 0. The molecule has 2 aromatic rings. The van der Waals surface area contributed by atoms with Gasteiger partial charge in [-0.2, -0.15) is 0 Å². The molecule has 0 saturated carbocycles. The Morgan fingerprint density at radius 1 is 1.32 bits per heavy atom. The average Bonchev–Trinajstić information content (AvgIpc) is 3.02. The van der Waals surface area contributed by atoms with Gasteiger partial charge in [0.2, 0.25) is 5.91 Å². The van der Waals surface area contributed by atoms with Crippen molar-refractivity contribution in [1.82, 2.24) is 10.5 Å². The molecule has 1 amide bonds. The molecule has 2 rings (SSSR count). The quantitative estimate of drug-likeness (QED) is 0.387. The van der Waals surface area contributed by atoms with E-state index in [1.807, 2.05) is 32.0 Å². The average molecular weight is 388 g/mol. The number of rotatable bonds is 9. The zero-order valence-electron chi connectivity index (χ0n) is 16.9. The lowest BCUT2D eigenvalue weighted by Crippen LogP contribution is -2.36. The van der Waals surface area contributed by atoms with Gasteiger partial charge in [-0.25, -0.2) is 0 Å². The molecular weight excluding hydrogens is 360 g/mol. The summed E-state index contributed by atoms with van der Waals surface area (Å²) in [5.41, 5.74) is 9.16. The Labute approximate surface area is 165 Å². The number of aryl methyl sites for hydroxylation is 3.